The van der Waals surface area contributed by atoms with E-state index in [4.69, 9.17) is 9.26 Å². The fourth-order valence-electron chi connectivity index (χ4n) is 4.11. The number of ether oxygens (including phenoxy) is 1. The van der Waals surface area contributed by atoms with E-state index in [1.54, 1.807) is 24.3 Å². The summed E-state index contributed by atoms with van der Waals surface area (Å²) in [6, 6.07) is 15.3. The predicted octanol–water partition coefficient (Wildman–Crippen LogP) is 6.58. The molecule has 0 saturated carbocycles. The van der Waals surface area contributed by atoms with Crippen LogP contribution >= 0.6 is 8.81 Å². The highest BCUT2D eigenvalue weighted by atomic mass is 31.1. The summed E-state index contributed by atoms with van der Waals surface area (Å²) in [5.41, 5.74) is 1.79. The number of benzene rings is 2. The summed E-state index contributed by atoms with van der Waals surface area (Å²) < 4.78 is 39.2. The lowest BCUT2D eigenvalue weighted by molar-refractivity contribution is -0.0831. The average molecular weight is 519 g/mol. The number of nitrogens with one attached hydrogen (secondary N) is 2. The molecule has 0 radical (unpaired) electrons. The number of aromatic amines is 1. The number of fused-ring (bicyclic) bond motifs is 1. The Balaban J connectivity index is 1.34. The van der Waals surface area contributed by atoms with Gasteiger partial charge in [0.1, 0.15) is 12.4 Å². The maximum Gasteiger partial charge on any atom is 0.296 e. The van der Waals surface area contributed by atoms with E-state index < -0.39 is 12.5 Å². The van der Waals surface area contributed by atoms with Gasteiger partial charge >= 0.3 is 0 Å². The molecule has 1 heterocycles. The Morgan fingerprint density at radius 1 is 1.03 bits per heavy atom. The summed E-state index contributed by atoms with van der Waals surface area (Å²) in [5, 5.41) is 4.53. The number of alkyl halides is 2. The Morgan fingerprint density at radius 3 is 2.58 bits per heavy atom. The van der Waals surface area contributed by atoms with E-state index in [9.17, 15) is 13.6 Å². The molecule has 0 amide bonds. The lowest BCUT2D eigenvalue weighted by Crippen LogP contribution is -2.22. The third kappa shape index (κ3) is 8.36. The minimum atomic E-state index is -2.95. The molecule has 2 atom stereocenters. The molecule has 0 aliphatic rings. The van der Waals surface area contributed by atoms with Crippen LogP contribution in [-0.4, -0.2) is 37.4 Å². The molecule has 36 heavy (non-hydrogen) atoms. The summed E-state index contributed by atoms with van der Waals surface area (Å²) in [7, 11) is 0.359. The van der Waals surface area contributed by atoms with E-state index in [0.29, 0.717) is 15.4 Å². The first-order valence-corrected chi connectivity index (χ1v) is 13.8. The molecule has 3 rings (SSSR count). The van der Waals surface area contributed by atoms with Crippen LogP contribution in [0, 0.1) is 0 Å². The third-order valence-electron chi connectivity index (χ3n) is 6.07. The van der Waals surface area contributed by atoms with Gasteiger partial charge in [-0.05, 0) is 49.2 Å². The molecular formula is C28H37F2N2O3P. The Kier molecular flexibility index (Phi) is 11.3. The standard InChI is InChI=1S/C28H37F2N2O3P/c1-3-36-35-25-15-13-23(24-14-16-26(33)32-27(24)25)21(2)19-31-17-9-4-5-10-18-34-20-28(29,30)22-11-7-6-8-12-22/h6-8,11-16,21,31,36H,3-5,9-10,17-20H2,1-2H3,(H,32,33). The zero-order valence-corrected chi connectivity index (χ0v) is 22.1. The number of H-pyrrole nitrogens is 1. The first-order valence-electron chi connectivity index (χ1n) is 12.7. The Morgan fingerprint density at radius 2 is 1.81 bits per heavy atom. The molecule has 2 N–H and O–H groups in total. The van der Waals surface area contributed by atoms with Crippen molar-refractivity contribution in [2.75, 3.05) is 32.5 Å². The van der Waals surface area contributed by atoms with Gasteiger partial charge in [0.2, 0.25) is 5.56 Å². The molecule has 0 fully saturated rings. The van der Waals surface area contributed by atoms with Crippen LogP contribution in [0.15, 0.2) is 59.4 Å². The topological polar surface area (TPSA) is 63.4 Å². The largest absolute Gasteiger partial charge is 0.475 e. The van der Waals surface area contributed by atoms with Gasteiger partial charge in [-0.1, -0.05) is 63.1 Å². The summed E-state index contributed by atoms with van der Waals surface area (Å²) in [6.45, 7) is 5.72. The number of aromatic nitrogens is 1. The molecule has 3 aromatic rings. The lowest BCUT2D eigenvalue weighted by Gasteiger charge is -2.17. The first-order chi connectivity index (χ1) is 17.4. The van der Waals surface area contributed by atoms with Gasteiger partial charge in [0.05, 0.1) is 14.3 Å². The summed E-state index contributed by atoms with van der Waals surface area (Å²) >= 11 is 0. The second kappa shape index (κ2) is 14.4. The molecule has 2 unspecified atom stereocenters. The Bertz CT molecular complexity index is 1120. The van der Waals surface area contributed by atoms with Crippen LogP contribution in [0.2, 0.25) is 0 Å². The highest BCUT2D eigenvalue weighted by Gasteiger charge is 2.31. The fourth-order valence-corrected chi connectivity index (χ4v) is 4.58. The van der Waals surface area contributed by atoms with Gasteiger partial charge in [0, 0.05) is 30.2 Å². The van der Waals surface area contributed by atoms with Crippen LogP contribution in [0.5, 0.6) is 5.75 Å². The van der Waals surface area contributed by atoms with E-state index in [1.807, 2.05) is 12.1 Å². The SMILES string of the molecule is CCPOc1ccc(C(C)CNCCCCCCOCC(F)(F)c2ccccc2)c2ccc(=O)[nH]c12. The predicted molar refractivity (Wildman–Crippen MR) is 145 cm³/mol. The van der Waals surface area contributed by atoms with Crippen LogP contribution in [0.25, 0.3) is 10.9 Å². The second-order valence-corrected chi connectivity index (χ2v) is 10.2. The smallest absolute Gasteiger partial charge is 0.296 e. The van der Waals surface area contributed by atoms with Crippen molar-refractivity contribution in [1.29, 1.82) is 0 Å². The zero-order chi connectivity index (χ0) is 25.8. The van der Waals surface area contributed by atoms with Crippen LogP contribution in [-0.2, 0) is 10.7 Å². The van der Waals surface area contributed by atoms with Crippen LogP contribution in [0.4, 0.5) is 8.78 Å². The van der Waals surface area contributed by atoms with Crippen molar-refractivity contribution in [3.8, 4) is 5.75 Å². The number of halogens is 2. The van der Waals surface area contributed by atoms with Gasteiger partial charge in [-0.2, -0.15) is 8.78 Å². The highest BCUT2D eigenvalue weighted by molar-refractivity contribution is 7.32. The van der Waals surface area contributed by atoms with Crippen LogP contribution < -0.4 is 15.4 Å². The molecule has 0 bridgehead atoms. The normalized spacial score (nSPS) is 13.0. The molecule has 2 aromatic carbocycles. The summed E-state index contributed by atoms with van der Waals surface area (Å²) in [4.78, 5) is 14.8. The van der Waals surface area contributed by atoms with Crippen molar-refractivity contribution < 1.29 is 18.0 Å². The van der Waals surface area contributed by atoms with Crippen LogP contribution in [0.1, 0.15) is 56.6 Å². The molecule has 1 aromatic heterocycles. The van der Waals surface area contributed by atoms with Crippen molar-refractivity contribution in [2.45, 2.75) is 51.4 Å². The number of unbranched alkanes of at least 4 members (excludes halogenated alkanes) is 3. The van der Waals surface area contributed by atoms with Crippen molar-refractivity contribution in [1.82, 2.24) is 10.3 Å². The van der Waals surface area contributed by atoms with E-state index in [2.05, 4.69) is 30.2 Å². The molecule has 196 valence electrons. The molecule has 0 saturated heterocycles. The number of hydrogen-bond donors (Lipinski definition) is 2. The number of pyridine rings is 1. The van der Waals surface area contributed by atoms with Crippen LogP contribution in [0.3, 0.4) is 0 Å². The number of hydrogen-bond acceptors (Lipinski definition) is 4. The zero-order valence-electron chi connectivity index (χ0n) is 21.1. The second-order valence-electron chi connectivity index (χ2n) is 9.01. The average Bonchev–Trinajstić information content (AvgIpc) is 2.88. The van der Waals surface area contributed by atoms with Gasteiger partial charge < -0.3 is 19.6 Å². The van der Waals surface area contributed by atoms with E-state index in [0.717, 1.165) is 61.6 Å². The summed E-state index contributed by atoms with van der Waals surface area (Å²) in [5.74, 6) is -1.97. The maximum absolute atomic E-state index is 14.1. The fraction of sp³-hybridized carbons (Fsp3) is 0.464. The van der Waals surface area contributed by atoms with Gasteiger partial charge in [-0.15, -0.1) is 0 Å². The van der Waals surface area contributed by atoms with Gasteiger partial charge in [-0.25, -0.2) is 0 Å². The monoisotopic (exact) mass is 518 g/mol. The molecule has 0 aliphatic carbocycles. The van der Waals surface area contributed by atoms with Crippen molar-refractivity contribution >= 4 is 19.7 Å². The van der Waals surface area contributed by atoms with E-state index >= 15 is 0 Å². The third-order valence-corrected chi connectivity index (χ3v) is 6.72. The van der Waals surface area contributed by atoms with E-state index in [-0.39, 0.29) is 17.0 Å². The molecular weight excluding hydrogens is 481 g/mol. The minimum absolute atomic E-state index is 0.00677. The molecule has 8 heteroatoms. The molecule has 0 spiro atoms. The minimum Gasteiger partial charge on any atom is -0.475 e. The first kappa shape index (κ1) is 28.2. The van der Waals surface area contributed by atoms with Crippen molar-refractivity contribution in [3.63, 3.8) is 0 Å². The Labute approximate surface area is 213 Å². The summed E-state index contributed by atoms with van der Waals surface area (Å²) in [6.07, 6.45) is 4.70. The van der Waals surface area contributed by atoms with E-state index in [1.165, 1.54) is 17.7 Å². The van der Waals surface area contributed by atoms with Crippen molar-refractivity contribution in [3.05, 3.63) is 76.1 Å². The Hall–Kier alpha value is -2.34. The molecule has 0 aliphatic heterocycles. The van der Waals surface area contributed by atoms with Gasteiger partial charge in [0.15, 0.2) is 0 Å². The molecule has 5 nitrogen and oxygen atoms in total. The van der Waals surface area contributed by atoms with Crippen molar-refractivity contribution in [2.24, 2.45) is 0 Å². The lowest BCUT2D eigenvalue weighted by atomic mass is 9.96. The maximum atomic E-state index is 14.1. The highest BCUT2D eigenvalue weighted by Crippen LogP contribution is 2.33. The van der Waals surface area contributed by atoms with Gasteiger partial charge in [-0.3, -0.25) is 4.79 Å². The van der Waals surface area contributed by atoms with Gasteiger partial charge in [0.25, 0.3) is 5.92 Å². The quantitative estimate of drug-likeness (QED) is 0.166. The number of rotatable bonds is 16.